The second kappa shape index (κ2) is 4.56. The van der Waals surface area contributed by atoms with Crippen molar-refractivity contribution >= 4 is 16.6 Å². The fourth-order valence-electron chi connectivity index (χ4n) is 2.69. The van der Waals surface area contributed by atoms with Crippen molar-refractivity contribution in [3.8, 4) is 0 Å². The zero-order valence-electron chi connectivity index (χ0n) is 10.6. The quantitative estimate of drug-likeness (QED) is 0.890. The molecule has 2 aromatic rings. The smallest absolute Gasteiger partial charge is 0.125 e. The standard InChI is InChI=1S/C15H17FN2/c1-2-8-17-15-11-4-3-5-13(11)18-14-9-10(16)6-7-12(14)15/h6-7,9H,2-5,8H2,1H3,(H,17,18). The molecule has 0 spiro atoms. The summed E-state index contributed by atoms with van der Waals surface area (Å²) < 4.78 is 13.3. The number of pyridine rings is 1. The molecule has 0 aliphatic heterocycles. The molecule has 0 bridgehead atoms. The number of anilines is 1. The normalized spacial score (nSPS) is 13.9. The van der Waals surface area contributed by atoms with Gasteiger partial charge < -0.3 is 5.32 Å². The zero-order chi connectivity index (χ0) is 12.5. The number of aryl methyl sites for hydroxylation is 1. The molecule has 3 rings (SSSR count). The van der Waals surface area contributed by atoms with E-state index in [9.17, 15) is 4.39 Å². The molecular formula is C15H17FN2. The maximum Gasteiger partial charge on any atom is 0.125 e. The Bertz CT molecular complexity index is 593. The number of nitrogens with zero attached hydrogens (tertiary/aromatic N) is 1. The van der Waals surface area contributed by atoms with Crippen LogP contribution in [0.4, 0.5) is 10.1 Å². The Hall–Kier alpha value is -1.64. The number of nitrogens with one attached hydrogen (secondary N) is 1. The van der Waals surface area contributed by atoms with E-state index in [2.05, 4.69) is 17.2 Å². The van der Waals surface area contributed by atoms with Gasteiger partial charge in [-0.1, -0.05) is 6.92 Å². The van der Waals surface area contributed by atoms with Crippen LogP contribution in [0.25, 0.3) is 10.9 Å². The van der Waals surface area contributed by atoms with Crippen LogP contribution in [0.3, 0.4) is 0 Å². The van der Waals surface area contributed by atoms with Gasteiger partial charge in [-0.05, 0) is 43.4 Å². The predicted molar refractivity (Wildman–Crippen MR) is 72.5 cm³/mol. The first kappa shape index (κ1) is 11.5. The fraction of sp³-hybridized carbons (Fsp3) is 0.400. The summed E-state index contributed by atoms with van der Waals surface area (Å²) in [5.74, 6) is -0.214. The van der Waals surface area contributed by atoms with Crippen LogP contribution < -0.4 is 5.32 Å². The molecule has 0 radical (unpaired) electrons. The molecule has 0 atom stereocenters. The van der Waals surface area contributed by atoms with Crippen molar-refractivity contribution in [2.24, 2.45) is 0 Å². The molecule has 0 saturated carbocycles. The van der Waals surface area contributed by atoms with Gasteiger partial charge in [0.2, 0.25) is 0 Å². The molecule has 3 heteroatoms. The minimum atomic E-state index is -0.214. The van der Waals surface area contributed by atoms with E-state index in [4.69, 9.17) is 0 Å². The van der Waals surface area contributed by atoms with E-state index in [-0.39, 0.29) is 5.82 Å². The lowest BCUT2D eigenvalue weighted by Gasteiger charge is -2.14. The third kappa shape index (κ3) is 1.84. The number of aromatic nitrogens is 1. The number of fused-ring (bicyclic) bond motifs is 2. The van der Waals surface area contributed by atoms with Crippen LogP contribution in [-0.4, -0.2) is 11.5 Å². The molecule has 1 heterocycles. The first-order valence-corrected chi connectivity index (χ1v) is 6.64. The van der Waals surface area contributed by atoms with E-state index in [0.29, 0.717) is 0 Å². The second-order valence-corrected chi connectivity index (χ2v) is 4.85. The summed E-state index contributed by atoms with van der Waals surface area (Å²) in [4.78, 5) is 4.61. The van der Waals surface area contributed by atoms with E-state index in [1.54, 1.807) is 0 Å². The van der Waals surface area contributed by atoms with E-state index in [1.807, 2.05) is 6.07 Å². The van der Waals surface area contributed by atoms with Crippen molar-refractivity contribution in [3.63, 3.8) is 0 Å². The summed E-state index contributed by atoms with van der Waals surface area (Å²) in [7, 11) is 0. The number of hydrogen-bond donors (Lipinski definition) is 1. The first-order chi connectivity index (χ1) is 8.79. The number of rotatable bonds is 3. The average Bonchev–Trinajstić information content (AvgIpc) is 2.82. The van der Waals surface area contributed by atoms with Gasteiger partial charge in [0.15, 0.2) is 0 Å². The van der Waals surface area contributed by atoms with Gasteiger partial charge in [-0.3, -0.25) is 4.98 Å². The highest BCUT2D eigenvalue weighted by Crippen LogP contribution is 2.34. The third-order valence-corrected chi connectivity index (χ3v) is 3.53. The highest BCUT2D eigenvalue weighted by atomic mass is 19.1. The lowest BCUT2D eigenvalue weighted by atomic mass is 10.1. The van der Waals surface area contributed by atoms with E-state index < -0.39 is 0 Å². The highest BCUT2D eigenvalue weighted by molar-refractivity contribution is 5.93. The Labute approximate surface area is 106 Å². The van der Waals surface area contributed by atoms with Gasteiger partial charge in [0, 0.05) is 29.4 Å². The third-order valence-electron chi connectivity index (χ3n) is 3.53. The predicted octanol–water partition coefficient (Wildman–Crippen LogP) is 3.68. The largest absolute Gasteiger partial charge is 0.384 e. The molecule has 2 nitrogen and oxygen atoms in total. The maximum absolute atomic E-state index is 13.3. The summed E-state index contributed by atoms with van der Waals surface area (Å²) in [5, 5.41) is 4.54. The van der Waals surface area contributed by atoms with E-state index in [1.165, 1.54) is 23.4 Å². The van der Waals surface area contributed by atoms with Gasteiger partial charge >= 0.3 is 0 Å². The SMILES string of the molecule is CCCNc1c2c(nc3cc(F)ccc13)CCC2. The minimum absolute atomic E-state index is 0.214. The maximum atomic E-state index is 13.3. The molecule has 18 heavy (non-hydrogen) atoms. The minimum Gasteiger partial charge on any atom is -0.384 e. The molecule has 0 fully saturated rings. The Morgan fingerprint density at radius 2 is 2.22 bits per heavy atom. The van der Waals surface area contributed by atoms with Crippen LogP contribution >= 0.6 is 0 Å². The summed E-state index contributed by atoms with van der Waals surface area (Å²) in [6, 6.07) is 4.89. The van der Waals surface area contributed by atoms with Gasteiger partial charge in [-0.2, -0.15) is 0 Å². The van der Waals surface area contributed by atoms with Crippen molar-refractivity contribution in [1.82, 2.24) is 4.98 Å². The summed E-state index contributed by atoms with van der Waals surface area (Å²) in [5.41, 5.74) is 4.43. The Morgan fingerprint density at radius 3 is 3.06 bits per heavy atom. The first-order valence-electron chi connectivity index (χ1n) is 6.64. The summed E-state index contributed by atoms with van der Waals surface area (Å²) >= 11 is 0. The molecule has 1 aromatic heterocycles. The highest BCUT2D eigenvalue weighted by Gasteiger charge is 2.19. The van der Waals surface area contributed by atoms with Crippen molar-refractivity contribution in [3.05, 3.63) is 35.3 Å². The van der Waals surface area contributed by atoms with Crippen molar-refractivity contribution in [1.29, 1.82) is 0 Å². The van der Waals surface area contributed by atoms with Crippen LogP contribution in [0.15, 0.2) is 18.2 Å². The van der Waals surface area contributed by atoms with Crippen molar-refractivity contribution in [2.45, 2.75) is 32.6 Å². The Morgan fingerprint density at radius 1 is 1.33 bits per heavy atom. The fourth-order valence-corrected chi connectivity index (χ4v) is 2.69. The van der Waals surface area contributed by atoms with Crippen LogP contribution in [0.5, 0.6) is 0 Å². The molecular weight excluding hydrogens is 227 g/mol. The van der Waals surface area contributed by atoms with Gasteiger partial charge in [-0.25, -0.2) is 4.39 Å². The summed E-state index contributed by atoms with van der Waals surface area (Å²) in [6.07, 6.45) is 4.34. The van der Waals surface area contributed by atoms with Gasteiger partial charge in [0.25, 0.3) is 0 Å². The van der Waals surface area contributed by atoms with Crippen LogP contribution in [-0.2, 0) is 12.8 Å². The monoisotopic (exact) mass is 244 g/mol. The lowest BCUT2D eigenvalue weighted by Crippen LogP contribution is -2.05. The molecule has 94 valence electrons. The van der Waals surface area contributed by atoms with Gasteiger partial charge in [-0.15, -0.1) is 0 Å². The molecule has 0 unspecified atom stereocenters. The Balaban J connectivity index is 2.21. The molecule has 0 amide bonds. The van der Waals surface area contributed by atoms with Crippen molar-refractivity contribution < 1.29 is 4.39 Å². The lowest BCUT2D eigenvalue weighted by molar-refractivity contribution is 0.629. The van der Waals surface area contributed by atoms with Crippen LogP contribution in [0, 0.1) is 5.82 Å². The number of hydrogen-bond acceptors (Lipinski definition) is 2. The number of halogens is 1. The van der Waals surface area contributed by atoms with Gasteiger partial charge in [0.05, 0.1) is 5.52 Å². The molecule has 1 N–H and O–H groups in total. The molecule has 1 aromatic carbocycles. The van der Waals surface area contributed by atoms with Gasteiger partial charge in [0.1, 0.15) is 5.82 Å². The molecule has 1 aliphatic rings. The van der Waals surface area contributed by atoms with Crippen LogP contribution in [0.2, 0.25) is 0 Å². The summed E-state index contributed by atoms with van der Waals surface area (Å²) in [6.45, 7) is 3.10. The zero-order valence-corrected chi connectivity index (χ0v) is 10.6. The second-order valence-electron chi connectivity index (χ2n) is 4.85. The van der Waals surface area contributed by atoms with E-state index in [0.717, 1.165) is 48.8 Å². The van der Waals surface area contributed by atoms with E-state index >= 15 is 0 Å². The molecule has 1 aliphatic carbocycles. The average molecular weight is 244 g/mol. The van der Waals surface area contributed by atoms with Crippen molar-refractivity contribution in [2.75, 3.05) is 11.9 Å². The van der Waals surface area contributed by atoms with Crippen LogP contribution in [0.1, 0.15) is 31.0 Å². The Kier molecular flexibility index (Phi) is 2.90. The topological polar surface area (TPSA) is 24.9 Å². The molecule has 0 saturated heterocycles. The number of benzene rings is 1.